The van der Waals surface area contributed by atoms with Gasteiger partial charge in [0.15, 0.2) is 10.9 Å². The summed E-state index contributed by atoms with van der Waals surface area (Å²) in [5.41, 5.74) is 0.350. The molecule has 1 fully saturated rings. The molecule has 1 saturated heterocycles. The molecular formula is C17H21N3O4S. The minimum atomic E-state index is -0.221. The smallest absolute Gasteiger partial charge is 0.344 e. The normalized spacial score (nSPS) is 16.9. The Labute approximate surface area is 149 Å². The molecule has 0 saturated carbocycles. The first-order chi connectivity index (χ1) is 12.1. The number of hydrogen-bond acceptors (Lipinski definition) is 6. The van der Waals surface area contributed by atoms with E-state index in [4.69, 9.17) is 9.47 Å². The van der Waals surface area contributed by atoms with Crippen LogP contribution in [0.3, 0.4) is 0 Å². The van der Waals surface area contributed by atoms with Gasteiger partial charge in [-0.3, -0.25) is 9.36 Å². The number of rotatable bonds is 8. The Bertz CT molecular complexity index is 780. The fraction of sp³-hybridized carbons (Fsp3) is 0.471. The molecule has 1 aromatic carbocycles. The predicted octanol–water partition coefficient (Wildman–Crippen LogP) is 2.12. The summed E-state index contributed by atoms with van der Waals surface area (Å²) in [6.07, 6.45) is 2.07. The summed E-state index contributed by atoms with van der Waals surface area (Å²) in [6.45, 7) is 3.20. The van der Waals surface area contributed by atoms with E-state index in [0.717, 1.165) is 19.4 Å². The second kappa shape index (κ2) is 8.35. The minimum absolute atomic E-state index is 0.0269. The van der Waals surface area contributed by atoms with Crippen LogP contribution in [0.4, 0.5) is 0 Å². The second-order valence-electron chi connectivity index (χ2n) is 5.81. The number of carbonyl (C=O) groups excluding carboxylic acids is 1. The van der Waals surface area contributed by atoms with Crippen molar-refractivity contribution in [3.05, 3.63) is 40.3 Å². The van der Waals surface area contributed by atoms with E-state index in [1.807, 2.05) is 12.1 Å². The number of Topliss-reactive ketones (excluding diaryl/α,β-unsaturated/α-hetero) is 1. The molecule has 1 aliphatic rings. The second-order valence-corrected chi connectivity index (χ2v) is 6.87. The number of nitrogens with one attached hydrogen (secondary N) is 1. The fourth-order valence-corrected chi connectivity index (χ4v) is 3.51. The van der Waals surface area contributed by atoms with Crippen LogP contribution >= 0.6 is 11.8 Å². The van der Waals surface area contributed by atoms with Gasteiger partial charge in [0.2, 0.25) is 0 Å². The first-order valence-corrected chi connectivity index (χ1v) is 9.26. The Hall–Kier alpha value is -2.06. The summed E-state index contributed by atoms with van der Waals surface area (Å²) in [7, 11) is 0. The first kappa shape index (κ1) is 17.8. The van der Waals surface area contributed by atoms with Crippen molar-refractivity contribution in [1.29, 1.82) is 0 Å². The van der Waals surface area contributed by atoms with Gasteiger partial charge in [-0.1, -0.05) is 23.9 Å². The van der Waals surface area contributed by atoms with Gasteiger partial charge in [0, 0.05) is 12.4 Å². The molecule has 0 radical (unpaired) electrons. The van der Waals surface area contributed by atoms with E-state index < -0.39 is 0 Å². The Balaban J connectivity index is 1.54. The number of hydrogen-bond donors (Lipinski definition) is 1. The maximum Gasteiger partial charge on any atom is 0.344 e. The van der Waals surface area contributed by atoms with Crippen molar-refractivity contribution >= 4 is 17.5 Å². The van der Waals surface area contributed by atoms with Gasteiger partial charge in [-0.05, 0) is 31.9 Å². The van der Waals surface area contributed by atoms with Crippen LogP contribution in [-0.2, 0) is 11.3 Å². The van der Waals surface area contributed by atoms with Gasteiger partial charge in [0.1, 0.15) is 5.75 Å². The molecule has 7 nitrogen and oxygen atoms in total. The molecule has 1 atom stereocenters. The third kappa shape index (κ3) is 4.52. The van der Waals surface area contributed by atoms with Crippen LogP contribution in [0, 0.1) is 0 Å². The lowest BCUT2D eigenvalue weighted by Crippen LogP contribution is -2.25. The molecule has 25 heavy (non-hydrogen) atoms. The third-order valence-electron chi connectivity index (χ3n) is 3.97. The molecule has 0 spiro atoms. The van der Waals surface area contributed by atoms with Crippen LogP contribution < -0.4 is 10.4 Å². The number of H-pyrrole nitrogens is 1. The fourth-order valence-electron chi connectivity index (χ4n) is 2.73. The zero-order valence-electron chi connectivity index (χ0n) is 14.1. The summed E-state index contributed by atoms with van der Waals surface area (Å²) in [4.78, 5) is 23.5. The van der Waals surface area contributed by atoms with Crippen LogP contribution in [0.25, 0.3) is 0 Å². The van der Waals surface area contributed by atoms with E-state index in [-0.39, 0.29) is 17.6 Å². The molecule has 8 heteroatoms. The first-order valence-electron chi connectivity index (χ1n) is 8.27. The molecule has 0 amide bonds. The SMILES string of the molecule is CC(=O)c1ccccc1OCCSc1n[nH]c(=O)n1CC1CCCO1. The number of aromatic amines is 1. The highest BCUT2D eigenvalue weighted by molar-refractivity contribution is 7.99. The van der Waals surface area contributed by atoms with Crippen molar-refractivity contribution in [2.24, 2.45) is 0 Å². The molecule has 1 unspecified atom stereocenters. The van der Waals surface area contributed by atoms with E-state index in [1.165, 1.54) is 18.7 Å². The molecule has 134 valence electrons. The zero-order valence-corrected chi connectivity index (χ0v) is 14.9. The van der Waals surface area contributed by atoms with E-state index in [9.17, 15) is 9.59 Å². The van der Waals surface area contributed by atoms with Crippen molar-refractivity contribution in [2.45, 2.75) is 37.6 Å². The number of aromatic nitrogens is 3. The number of para-hydroxylation sites is 1. The number of ether oxygens (including phenoxy) is 2. The van der Waals surface area contributed by atoms with Gasteiger partial charge in [-0.25, -0.2) is 9.89 Å². The van der Waals surface area contributed by atoms with E-state index in [0.29, 0.717) is 35.4 Å². The number of thioether (sulfide) groups is 1. The lowest BCUT2D eigenvalue weighted by atomic mass is 10.1. The van der Waals surface area contributed by atoms with Crippen molar-refractivity contribution in [3.63, 3.8) is 0 Å². The Morgan fingerprint density at radius 2 is 2.32 bits per heavy atom. The molecule has 2 heterocycles. The Kier molecular flexibility index (Phi) is 5.93. The van der Waals surface area contributed by atoms with Crippen LogP contribution in [0.1, 0.15) is 30.1 Å². The maximum atomic E-state index is 11.9. The van der Waals surface area contributed by atoms with Gasteiger partial charge in [0.05, 0.1) is 24.8 Å². The summed E-state index contributed by atoms with van der Waals surface area (Å²) in [6, 6.07) is 7.18. The van der Waals surface area contributed by atoms with E-state index in [2.05, 4.69) is 10.2 Å². The summed E-state index contributed by atoms with van der Waals surface area (Å²) >= 11 is 1.44. The molecular weight excluding hydrogens is 342 g/mol. The van der Waals surface area contributed by atoms with Gasteiger partial charge in [0.25, 0.3) is 0 Å². The molecule has 0 bridgehead atoms. The largest absolute Gasteiger partial charge is 0.492 e. The number of benzene rings is 1. The molecule has 1 aromatic heterocycles. The van der Waals surface area contributed by atoms with Gasteiger partial charge < -0.3 is 9.47 Å². The Morgan fingerprint density at radius 3 is 3.08 bits per heavy atom. The molecule has 3 rings (SSSR count). The van der Waals surface area contributed by atoms with Crippen LogP contribution in [0.5, 0.6) is 5.75 Å². The number of carbonyl (C=O) groups is 1. The van der Waals surface area contributed by atoms with Crippen molar-refractivity contribution < 1.29 is 14.3 Å². The predicted molar refractivity (Wildman–Crippen MR) is 94.5 cm³/mol. The standard InChI is InChI=1S/C17H21N3O4S/c1-12(21)14-6-2-3-7-15(14)24-9-10-25-17-19-18-16(22)20(17)11-13-5-4-8-23-13/h2-3,6-7,13H,4-5,8-11H2,1H3,(H,18,22). The van der Waals surface area contributed by atoms with Gasteiger partial charge in [-0.15, -0.1) is 5.10 Å². The van der Waals surface area contributed by atoms with Crippen LogP contribution in [0.2, 0.25) is 0 Å². The average molecular weight is 363 g/mol. The van der Waals surface area contributed by atoms with Crippen molar-refractivity contribution in [3.8, 4) is 5.75 Å². The zero-order chi connectivity index (χ0) is 17.6. The highest BCUT2D eigenvalue weighted by Gasteiger charge is 2.19. The maximum absolute atomic E-state index is 11.9. The molecule has 1 N–H and O–H groups in total. The lowest BCUT2D eigenvalue weighted by Gasteiger charge is -2.11. The van der Waals surface area contributed by atoms with Crippen LogP contribution in [-0.4, -0.2) is 45.6 Å². The number of nitrogens with zero attached hydrogens (tertiary/aromatic N) is 2. The van der Waals surface area contributed by atoms with Crippen molar-refractivity contribution in [1.82, 2.24) is 14.8 Å². The number of ketones is 1. The molecule has 1 aliphatic heterocycles. The summed E-state index contributed by atoms with van der Waals surface area (Å²) in [5, 5.41) is 7.19. The average Bonchev–Trinajstić information content (AvgIpc) is 3.24. The Morgan fingerprint density at radius 1 is 1.48 bits per heavy atom. The minimum Gasteiger partial charge on any atom is -0.492 e. The quantitative estimate of drug-likeness (QED) is 0.439. The van der Waals surface area contributed by atoms with Gasteiger partial charge >= 0.3 is 5.69 Å². The molecule has 0 aliphatic carbocycles. The van der Waals surface area contributed by atoms with Crippen LogP contribution in [0.15, 0.2) is 34.2 Å². The third-order valence-corrected chi connectivity index (χ3v) is 4.91. The molecule has 2 aromatic rings. The lowest BCUT2D eigenvalue weighted by molar-refractivity contribution is 0.0941. The summed E-state index contributed by atoms with van der Waals surface area (Å²) < 4.78 is 12.9. The monoisotopic (exact) mass is 363 g/mol. The summed E-state index contributed by atoms with van der Waals surface area (Å²) in [5.74, 6) is 1.16. The van der Waals surface area contributed by atoms with E-state index >= 15 is 0 Å². The highest BCUT2D eigenvalue weighted by atomic mass is 32.2. The topological polar surface area (TPSA) is 86.2 Å². The highest BCUT2D eigenvalue weighted by Crippen LogP contribution is 2.20. The van der Waals surface area contributed by atoms with E-state index in [1.54, 1.807) is 16.7 Å². The van der Waals surface area contributed by atoms with Gasteiger partial charge in [-0.2, -0.15) is 0 Å². The van der Waals surface area contributed by atoms with Crippen molar-refractivity contribution in [2.75, 3.05) is 19.0 Å².